The van der Waals surface area contributed by atoms with Crippen LogP contribution in [0.5, 0.6) is 0 Å². The predicted molar refractivity (Wildman–Crippen MR) is 146 cm³/mol. The van der Waals surface area contributed by atoms with Crippen molar-refractivity contribution in [3.63, 3.8) is 0 Å². The van der Waals surface area contributed by atoms with Crippen LogP contribution in [-0.2, 0) is 15.8 Å². The maximum absolute atomic E-state index is 13.6. The third kappa shape index (κ3) is 6.24. The molecule has 1 aliphatic heterocycles. The lowest BCUT2D eigenvalue weighted by Gasteiger charge is -2.28. The number of aromatic nitrogens is 2. The van der Waals surface area contributed by atoms with Crippen molar-refractivity contribution in [3.05, 3.63) is 60.1 Å². The fourth-order valence-corrected chi connectivity index (χ4v) is 5.52. The summed E-state index contributed by atoms with van der Waals surface area (Å²) in [5.74, 6) is -3.40. The van der Waals surface area contributed by atoms with Crippen LogP contribution in [-0.4, -0.2) is 63.9 Å². The van der Waals surface area contributed by atoms with Gasteiger partial charge in [0.05, 0.1) is 17.3 Å². The fourth-order valence-electron chi connectivity index (χ4n) is 5.52. The minimum atomic E-state index is -4.93. The van der Waals surface area contributed by atoms with E-state index < -0.39 is 34.9 Å². The molecule has 1 aromatic carbocycles. The fraction of sp³-hybridized carbons (Fsp3) is 0.414. The number of carboxylic acids is 1. The number of carbonyl (C=O) groups is 3. The number of benzene rings is 1. The van der Waals surface area contributed by atoms with E-state index in [1.54, 1.807) is 29.2 Å². The molecular weight excluding hydrogens is 555 g/mol. The van der Waals surface area contributed by atoms with Crippen molar-refractivity contribution in [1.29, 1.82) is 0 Å². The van der Waals surface area contributed by atoms with Gasteiger partial charge in [0, 0.05) is 38.2 Å². The Morgan fingerprint density at radius 3 is 2.36 bits per heavy atom. The Hall–Kier alpha value is -4.42. The number of rotatable bonds is 7. The topological polar surface area (TPSA) is 129 Å². The molecule has 2 amide bonds. The molecule has 5 rings (SSSR count). The number of aliphatic carboxylic acids is 1. The smallest absolute Gasteiger partial charge is 0.452 e. The second-order valence-corrected chi connectivity index (χ2v) is 10.6. The van der Waals surface area contributed by atoms with Crippen molar-refractivity contribution in [3.8, 4) is 11.5 Å². The number of carboxylic acid groups (broad SMARTS) is 1. The van der Waals surface area contributed by atoms with Gasteiger partial charge in [0.25, 0.3) is 5.91 Å². The number of nitrogens with zero attached hydrogens (tertiary/aromatic N) is 4. The summed E-state index contributed by atoms with van der Waals surface area (Å²) in [7, 11) is 0. The molecule has 0 radical (unpaired) electrons. The number of halogens is 3. The van der Waals surface area contributed by atoms with Crippen molar-refractivity contribution in [2.75, 3.05) is 36.4 Å². The number of hydrogen-bond donors (Lipinski definition) is 2. The van der Waals surface area contributed by atoms with Gasteiger partial charge in [-0.05, 0) is 43.5 Å². The first-order valence-corrected chi connectivity index (χ1v) is 13.7. The molecular formula is C29H30F3N5O5. The summed E-state index contributed by atoms with van der Waals surface area (Å²) in [5.41, 5.74) is -1.39. The number of nitrogens with one attached hydrogen (secondary N) is 1. The molecule has 0 spiro atoms. The summed E-state index contributed by atoms with van der Waals surface area (Å²) in [4.78, 5) is 49.5. The molecule has 2 fully saturated rings. The standard InChI is InChI=1S/C29H30F3N5O5/c30-29(31,32)24-23(35-26(42-24)19-7-2-1-3-8-19)25(39)34-20-9-10-21(33-18-20)36-13-6-14-37(16-15-36)22(38)17-28(27(40)41)11-4-5-12-28/h1-3,7-10,18H,4-6,11-17H2,(H,34,39)(H,40,41). The molecule has 3 aromatic rings. The van der Waals surface area contributed by atoms with Gasteiger partial charge in [-0.25, -0.2) is 9.97 Å². The minimum Gasteiger partial charge on any atom is -0.481 e. The van der Waals surface area contributed by atoms with Crippen LogP contribution in [0.4, 0.5) is 24.7 Å². The molecule has 2 aliphatic rings. The van der Waals surface area contributed by atoms with E-state index >= 15 is 0 Å². The molecule has 13 heteroatoms. The molecule has 1 saturated heterocycles. The van der Waals surface area contributed by atoms with Gasteiger partial charge >= 0.3 is 12.1 Å². The Bertz CT molecular complexity index is 1440. The van der Waals surface area contributed by atoms with Crippen molar-refractivity contribution in [2.24, 2.45) is 5.41 Å². The summed E-state index contributed by atoms with van der Waals surface area (Å²) in [6.45, 7) is 1.98. The van der Waals surface area contributed by atoms with Gasteiger partial charge in [0.1, 0.15) is 5.82 Å². The van der Waals surface area contributed by atoms with Gasteiger partial charge in [-0.2, -0.15) is 13.2 Å². The largest absolute Gasteiger partial charge is 0.481 e. The van der Waals surface area contributed by atoms with Crippen LogP contribution in [0.15, 0.2) is 53.1 Å². The van der Waals surface area contributed by atoms with E-state index in [0.717, 1.165) is 12.8 Å². The second-order valence-electron chi connectivity index (χ2n) is 10.6. The Kier molecular flexibility index (Phi) is 8.19. The average molecular weight is 586 g/mol. The maximum atomic E-state index is 13.6. The number of anilines is 2. The molecule has 10 nitrogen and oxygen atoms in total. The normalized spacial score (nSPS) is 17.1. The highest BCUT2D eigenvalue weighted by molar-refractivity contribution is 6.04. The predicted octanol–water partition coefficient (Wildman–Crippen LogP) is 5.08. The number of oxazole rings is 1. The van der Waals surface area contributed by atoms with E-state index in [2.05, 4.69) is 15.3 Å². The highest BCUT2D eigenvalue weighted by Gasteiger charge is 2.44. The molecule has 1 aliphatic carbocycles. The molecule has 0 atom stereocenters. The summed E-state index contributed by atoms with van der Waals surface area (Å²) in [6.07, 6.45) is -0.276. The van der Waals surface area contributed by atoms with E-state index in [-0.39, 0.29) is 23.9 Å². The third-order valence-electron chi connectivity index (χ3n) is 7.80. The number of hydrogen-bond acceptors (Lipinski definition) is 7. The number of amides is 2. The molecule has 3 heterocycles. The Morgan fingerprint density at radius 1 is 0.976 bits per heavy atom. The van der Waals surface area contributed by atoms with Gasteiger partial charge in [0.2, 0.25) is 17.6 Å². The molecule has 2 N–H and O–H groups in total. The van der Waals surface area contributed by atoms with E-state index in [1.807, 2.05) is 4.90 Å². The average Bonchev–Trinajstić information content (AvgIpc) is 3.57. The number of alkyl halides is 3. The zero-order valence-corrected chi connectivity index (χ0v) is 22.7. The van der Waals surface area contributed by atoms with Crippen LogP contribution in [0.2, 0.25) is 0 Å². The van der Waals surface area contributed by atoms with Crippen LogP contribution in [0, 0.1) is 5.41 Å². The second kappa shape index (κ2) is 11.8. The molecule has 1 saturated carbocycles. The summed E-state index contributed by atoms with van der Waals surface area (Å²) in [6, 6.07) is 11.1. The van der Waals surface area contributed by atoms with Crippen LogP contribution in [0.3, 0.4) is 0 Å². The van der Waals surface area contributed by atoms with Gasteiger partial charge in [0.15, 0.2) is 5.69 Å². The lowest BCUT2D eigenvalue weighted by Crippen LogP contribution is -2.40. The lowest BCUT2D eigenvalue weighted by atomic mass is 9.82. The third-order valence-corrected chi connectivity index (χ3v) is 7.80. The highest BCUT2D eigenvalue weighted by atomic mass is 19.4. The van der Waals surface area contributed by atoms with E-state index in [1.165, 1.54) is 24.4 Å². The summed E-state index contributed by atoms with van der Waals surface area (Å²) in [5, 5.41) is 12.1. The Labute approximate surface area is 239 Å². The summed E-state index contributed by atoms with van der Waals surface area (Å²) < 4.78 is 45.8. The number of pyridine rings is 1. The quantitative estimate of drug-likeness (QED) is 0.393. The molecule has 2 aromatic heterocycles. The van der Waals surface area contributed by atoms with Crippen LogP contribution in [0.1, 0.15) is 54.8 Å². The van der Waals surface area contributed by atoms with Crippen molar-refractivity contribution in [2.45, 2.75) is 44.7 Å². The van der Waals surface area contributed by atoms with E-state index in [0.29, 0.717) is 56.8 Å². The van der Waals surface area contributed by atoms with Gasteiger partial charge in [-0.1, -0.05) is 31.0 Å². The molecule has 0 unspecified atom stereocenters. The number of carbonyl (C=O) groups excluding carboxylic acids is 2. The Morgan fingerprint density at radius 2 is 1.71 bits per heavy atom. The van der Waals surface area contributed by atoms with Crippen LogP contribution >= 0.6 is 0 Å². The molecule has 42 heavy (non-hydrogen) atoms. The van der Waals surface area contributed by atoms with Crippen molar-refractivity contribution in [1.82, 2.24) is 14.9 Å². The first-order chi connectivity index (χ1) is 20.1. The monoisotopic (exact) mass is 585 g/mol. The van der Waals surface area contributed by atoms with Gasteiger partial charge < -0.3 is 24.6 Å². The molecule has 0 bridgehead atoms. The van der Waals surface area contributed by atoms with Crippen LogP contribution < -0.4 is 10.2 Å². The highest BCUT2D eigenvalue weighted by Crippen LogP contribution is 2.42. The first kappa shape index (κ1) is 29.1. The lowest BCUT2D eigenvalue weighted by molar-refractivity contribution is -0.153. The Balaban J connectivity index is 1.22. The van der Waals surface area contributed by atoms with Crippen molar-refractivity contribution < 1.29 is 37.1 Å². The zero-order chi connectivity index (χ0) is 29.9. The molecule has 222 valence electrons. The summed E-state index contributed by atoms with van der Waals surface area (Å²) >= 11 is 0. The minimum absolute atomic E-state index is 0.00337. The first-order valence-electron chi connectivity index (χ1n) is 13.7. The zero-order valence-electron chi connectivity index (χ0n) is 22.7. The van der Waals surface area contributed by atoms with Gasteiger partial charge in [-0.15, -0.1) is 0 Å². The maximum Gasteiger partial charge on any atom is 0.452 e. The van der Waals surface area contributed by atoms with Crippen molar-refractivity contribution >= 4 is 29.3 Å². The van der Waals surface area contributed by atoms with E-state index in [9.17, 15) is 32.7 Å². The van der Waals surface area contributed by atoms with Gasteiger partial charge in [-0.3, -0.25) is 14.4 Å². The SMILES string of the molecule is O=C(Nc1ccc(N2CCCN(C(=O)CC3(C(=O)O)CCCC3)CC2)nc1)c1nc(-c2ccccc2)oc1C(F)(F)F. The van der Waals surface area contributed by atoms with Crippen LogP contribution in [0.25, 0.3) is 11.5 Å². The van der Waals surface area contributed by atoms with E-state index in [4.69, 9.17) is 4.42 Å².